The van der Waals surface area contributed by atoms with E-state index in [1.165, 1.54) is 0 Å². The minimum Gasteiger partial charge on any atom is -0.399 e. The quantitative estimate of drug-likeness (QED) is 0.845. The summed E-state index contributed by atoms with van der Waals surface area (Å²) >= 11 is 1.84. The van der Waals surface area contributed by atoms with Crippen molar-refractivity contribution in [1.29, 1.82) is 0 Å². The molecule has 1 unspecified atom stereocenters. The zero-order chi connectivity index (χ0) is 13.8. The Morgan fingerprint density at radius 3 is 2.89 bits per heavy atom. The van der Waals surface area contributed by atoms with E-state index >= 15 is 0 Å². The first-order valence-corrected chi connectivity index (χ1v) is 7.45. The van der Waals surface area contributed by atoms with Crippen molar-refractivity contribution in [3.05, 3.63) is 29.6 Å². The molecule has 0 aliphatic carbocycles. The van der Waals surface area contributed by atoms with Gasteiger partial charge in [-0.1, -0.05) is 19.0 Å². The topological polar surface area (TPSA) is 64.9 Å². The maximum absolute atomic E-state index is 5.74. The number of hydrogen-bond donors (Lipinski definition) is 1. The second-order valence-corrected chi connectivity index (χ2v) is 6.05. The van der Waals surface area contributed by atoms with Gasteiger partial charge in [-0.2, -0.15) is 16.7 Å². The molecule has 0 fully saturated rings. The first-order chi connectivity index (χ1) is 9.10. The summed E-state index contributed by atoms with van der Waals surface area (Å²) in [6.07, 6.45) is 1.15. The fourth-order valence-corrected chi connectivity index (χ4v) is 2.47. The van der Waals surface area contributed by atoms with Crippen molar-refractivity contribution in [2.75, 3.05) is 5.73 Å². The summed E-state index contributed by atoms with van der Waals surface area (Å²) in [7, 11) is 0. The van der Waals surface area contributed by atoms with E-state index in [0.717, 1.165) is 34.8 Å². The summed E-state index contributed by atoms with van der Waals surface area (Å²) in [6, 6.07) is 5.68. The molecule has 0 amide bonds. The summed E-state index contributed by atoms with van der Waals surface area (Å²) in [6.45, 7) is 6.37. The van der Waals surface area contributed by atoms with Crippen LogP contribution in [0.4, 0.5) is 5.69 Å². The highest BCUT2D eigenvalue weighted by Gasteiger charge is 2.12. The monoisotopic (exact) mass is 277 g/mol. The number of aryl methyl sites for hydroxylation is 1. The standard InChI is InChI=1S/C14H19N3OS/c1-4-10(3)19-8-13-16-14(18-17-13)12-6-5-11(15)7-9(12)2/h5-7,10H,4,8,15H2,1-3H3. The fraction of sp³-hybridized carbons (Fsp3) is 0.429. The van der Waals surface area contributed by atoms with Gasteiger partial charge in [0, 0.05) is 16.5 Å². The fourth-order valence-electron chi connectivity index (χ4n) is 1.68. The van der Waals surface area contributed by atoms with Gasteiger partial charge in [0.15, 0.2) is 5.82 Å². The van der Waals surface area contributed by atoms with Crippen LogP contribution < -0.4 is 5.73 Å². The van der Waals surface area contributed by atoms with Crippen LogP contribution in [0.25, 0.3) is 11.5 Å². The largest absolute Gasteiger partial charge is 0.399 e. The third kappa shape index (κ3) is 3.50. The van der Waals surface area contributed by atoms with Crippen LogP contribution in [-0.4, -0.2) is 15.4 Å². The third-order valence-corrected chi connectivity index (χ3v) is 4.35. The van der Waals surface area contributed by atoms with E-state index in [4.69, 9.17) is 10.3 Å². The number of aromatic nitrogens is 2. The average Bonchev–Trinajstić information content (AvgIpc) is 2.84. The first-order valence-electron chi connectivity index (χ1n) is 6.40. The Morgan fingerprint density at radius 1 is 1.42 bits per heavy atom. The molecule has 1 aromatic carbocycles. The summed E-state index contributed by atoms with van der Waals surface area (Å²) in [5.41, 5.74) is 8.47. The van der Waals surface area contributed by atoms with Crippen LogP contribution >= 0.6 is 11.8 Å². The minimum absolute atomic E-state index is 0.567. The average molecular weight is 277 g/mol. The predicted molar refractivity (Wildman–Crippen MR) is 79.9 cm³/mol. The van der Waals surface area contributed by atoms with Gasteiger partial charge in [-0.25, -0.2) is 0 Å². The highest BCUT2D eigenvalue weighted by molar-refractivity contribution is 7.99. The Balaban J connectivity index is 2.12. The SMILES string of the molecule is CCC(C)SCc1noc(-c2ccc(N)cc2C)n1. The molecule has 0 aliphatic heterocycles. The van der Waals surface area contributed by atoms with Crippen molar-refractivity contribution in [2.45, 2.75) is 38.2 Å². The lowest BCUT2D eigenvalue weighted by Gasteiger charge is -2.04. The third-order valence-electron chi connectivity index (χ3n) is 3.02. The van der Waals surface area contributed by atoms with Gasteiger partial charge in [0.05, 0.1) is 5.75 Å². The normalized spacial score (nSPS) is 12.6. The maximum atomic E-state index is 5.74. The van der Waals surface area contributed by atoms with Gasteiger partial charge in [0.1, 0.15) is 0 Å². The van der Waals surface area contributed by atoms with E-state index in [2.05, 4.69) is 24.0 Å². The van der Waals surface area contributed by atoms with Crippen molar-refractivity contribution in [3.8, 4) is 11.5 Å². The summed E-state index contributed by atoms with van der Waals surface area (Å²) < 4.78 is 5.32. The lowest BCUT2D eigenvalue weighted by molar-refractivity contribution is 0.425. The van der Waals surface area contributed by atoms with Crippen LogP contribution in [0.5, 0.6) is 0 Å². The van der Waals surface area contributed by atoms with E-state index in [1.807, 2.05) is 36.9 Å². The van der Waals surface area contributed by atoms with Crippen LogP contribution in [0.15, 0.2) is 22.7 Å². The lowest BCUT2D eigenvalue weighted by atomic mass is 10.1. The molecular weight excluding hydrogens is 258 g/mol. The molecule has 4 nitrogen and oxygen atoms in total. The minimum atomic E-state index is 0.567. The van der Waals surface area contributed by atoms with E-state index in [0.29, 0.717) is 11.1 Å². The predicted octanol–water partition coefficient (Wildman–Crippen LogP) is 3.66. The van der Waals surface area contributed by atoms with E-state index in [-0.39, 0.29) is 0 Å². The Labute approximate surface area is 117 Å². The molecule has 2 aromatic rings. The highest BCUT2D eigenvalue weighted by Crippen LogP contribution is 2.25. The van der Waals surface area contributed by atoms with Crippen LogP contribution in [-0.2, 0) is 5.75 Å². The number of nitrogens with two attached hydrogens (primary N) is 1. The number of benzene rings is 1. The molecule has 2 N–H and O–H groups in total. The van der Waals surface area contributed by atoms with Crippen molar-refractivity contribution in [3.63, 3.8) is 0 Å². The van der Waals surface area contributed by atoms with E-state index in [9.17, 15) is 0 Å². The van der Waals surface area contributed by atoms with Crippen LogP contribution in [0.3, 0.4) is 0 Å². The lowest BCUT2D eigenvalue weighted by Crippen LogP contribution is -1.95. The number of nitrogen functional groups attached to an aromatic ring is 1. The zero-order valence-electron chi connectivity index (χ0n) is 11.5. The van der Waals surface area contributed by atoms with Gasteiger partial charge in [0.25, 0.3) is 5.89 Å². The Hall–Kier alpha value is -1.49. The zero-order valence-corrected chi connectivity index (χ0v) is 12.3. The molecule has 0 spiro atoms. The molecule has 0 saturated heterocycles. The van der Waals surface area contributed by atoms with Gasteiger partial charge in [-0.05, 0) is 37.1 Å². The Kier molecular flexibility index (Phi) is 4.47. The molecule has 1 aromatic heterocycles. The van der Waals surface area contributed by atoms with Crippen molar-refractivity contribution in [2.24, 2.45) is 0 Å². The number of hydrogen-bond acceptors (Lipinski definition) is 5. The van der Waals surface area contributed by atoms with Crippen LogP contribution in [0.2, 0.25) is 0 Å². The molecule has 102 valence electrons. The molecule has 0 aliphatic rings. The molecular formula is C14H19N3OS. The number of rotatable bonds is 5. The van der Waals surface area contributed by atoms with Crippen LogP contribution in [0, 0.1) is 6.92 Å². The Morgan fingerprint density at radius 2 is 2.21 bits per heavy atom. The summed E-state index contributed by atoms with van der Waals surface area (Å²) in [5, 5.41) is 4.64. The van der Waals surface area contributed by atoms with Crippen molar-refractivity contribution >= 4 is 17.4 Å². The van der Waals surface area contributed by atoms with Crippen molar-refractivity contribution < 1.29 is 4.52 Å². The molecule has 0 radical (unpaired) electrons. The number of anilines is 1. The van der Waals surface area contributed by atoms with Crippen LogP contribution in [0.1, 0.15) is 31.7 Å². The summed E-state index contributed by atoms with van der Waals surface area (Å²) in [5.74, 6) is 2.10. The van der Waals surface area contributed by atoms with Gasteiger partial charge in [-0.3, -0.25) is 0 Å². The molecule has 5 heteroatoms. The van der Waals surface area contributed by atoms with Gasteiger partial charge < -0.3 is 10.3 Å². The number of nitrogens with zero attached hydrogens (tertiary/aromatic N) is 2. The maximum Gasteiger partial charge on any atom is 0.258 e. The first kappa shape index (κ1) is 13.9. The van der Waals surface area contributed by atoms with E-state index < -0.39 is 0 Å². The molecule has 1 atom stereocenters. The molecule has 2 rings (SSSR count). The molecule has 19 heavy (non-hydrogen) atoms. The summed E-state index contributed by atoms with van der Waals surface area (Å²) in [4.78, 5) is 4.44. The second kappa shape index (κ2) is 6.10. The van der Waals surface area contributed by atoms with Gasteiger partial charge in [-0.15, -0.1) is 0 Å². The van der Waals surface area contributed by atoms with E-state index in [1.54, 1.807) is 0 Å². The second-order valence-electron chi connectivity index (χ2n) is 4.62. The molecule has 0 bridgehead atoms. The van der Waals surface area contributed by atoms with Gasteiger partial charge >= 0.3 is 0 Å². The highest BCUT2D eigenvalue weighted by atomic mass is 32.2. The molecule has 1 heterocycles. The molecule has 0 saturated carbocycles. The van der Waals surface area contributed by atoms with Gasteiger partial charge in [0.2, 0.25) is 0 Å². The van der Waals surface area contributed by atoms with Crippen molar-refractivity contribution in [1.82, 2.24) is 10.1 Å². The Bertz CT molecular complexity index is 553. The number of thioether (sulfide) groups is 1. The smallest absolute Gasteiger partial charge is 0.258 e.